The summed E-state index contributed by atoms with van der Waals surface area (Å²) < 4.78 is 5.02. The van der Waals surface area contributed by atoms with E-state index < -0.39 is 11.9 Å². The summed E-state index contributed by atoms with van der Waals surface area (Å²) in [6, 6.07) is -0.238. The average molecular weight is 159 g/mol. The largest absolute Gasteiger partial charge is 0.481 e. The Bertz CT molecular complexity index is 160. The second-order valence-electron chi connectivity index (χ2n) is 2.94. The summed E-state index contributed by atoms with van der Waals surface area (Å²) >= 11 is 0. The molecule has 1 fully saturated rings. The van der Waals surface area contributed by atoms with Crippen LogP contribution < -0.4 is 5.73 Å². The van der Waals surface area contributed by atoms with Crippen LogP contribution in [0.25, 0.3) is 0 Å². The number of hydrogen-bond acceptors (Lipinski definition) is 3. The fourth-order valence-corrected chi connectivity index (χ4v) is 1.50. The summed E-state index contributed by atoms with van der Waals surface area (Å²) in [6.45, 7) is 0. The molecule has 0 aromatic rings. The molecule has 1 aliphatic carbocycles. The first-order chi connectivity index (χ1) is 5.15. The van der Waals surface area contributed by atoms with E-state index in [9.17, 15) is 4.79 Å². The Morgan fingerprint density at radius 1 is 1.64 bits per heavy atom. The van der Waals surface area contributed by atoms with Crippen LogP contribution in [0.4, 0.5) is 0 Å². The van der Waals surface area contributed by atoms with Gasteiger partial charge in [0.1, 0.15) is 0 Å². The molecular weight excluding hydrogens is 146 g/mol. The lowest BCUT2D eigenvalue weighted by Gasteiger charge is -2.07. The molecule has 3 atom stereocenters. The van der Waals surface area contributed by atoms with Crippen molar-refractivity contribution in [2.24, 2.45) is 11.7 Å². The van der Waals surface area contributed by atoms with Gasteiger partial charge in [0.15, 0.2) is 0 Å². The Morgan fingerprint density at radius 3 is 2.55 bits per heavy atom. The lowest BCUT2D eigenvalue weighted by molar-refractivity contribution is -0.142. The minimum Gasteiger partial charge on any atom is -0.481 e. The molecule has 1 aliphatic rings. The molecule has 0 radical (unpaired) electrons. The average Bonchev–Trinajstić information content (AvgIpc) is 2.30. The van der Waals surface area contributed by atoms with E-state index >= 15 is 0 Å². The molecule has 0 saturated heterocycles. The van der Waals surface area contributed by atoms with E-state index in [4.69, 9.17) is 15.6 Å². The van der Waals surface area contributed by atoms with Crippen molar-refractivity contribution >= 4 is 5.97 Å². The van der Waals surface area contributed by atoms with Crippen molar-refractivity contribution in [3.63, 3.8) is 0 Å². The van der Waals surface area contributed by atoms with Gasteiger partial charge in [-0.05, 0) is 12.8 Å². The highest BCUT2D eigenvalue weighted by Crippen LogP contribution is 2.26. The van der Waals surface area contributed by atoms with Gasteiger partial charge >= 0.3 is 5.97 Å². The van der Waals surface area contributed by atoms with Crippen molar-refractivity contribution in [2.75, 3.05) is 7.11 Å². The van der Waals surface area contributed by atoms with Crippen molar-refractivity contribution in [3.05, 3.63) is 0 Å². The summed E-state index contributed by atoms with van der Waals surface area (Å²) in [5.74, 6) is -1.22. The van der Waals surface area contributed by atoms with Gasteiger partial charge in [0, 0.05) is 13.2 Å². The fourth-order valence-electron chi connectivity index (χ4n) is 1.50. The van der Waals surface area contributed by atoms with Crippen LogP contribution in [0.15, 0.2) is 0 Å². The number of hydrogen-bond donors (Lipinski definition) is 2. The Morgan fingerprint density at radius 2 is 2.27 bits per heavy atom. The zero-order valence-electron chi connectivity index (χ0n) is 6.49. The normalized spacial score (nSPS) is 37.5. The topological polar surface area (TPSA) is 72.5 Å². The molecule has 0 amide bonds. The van der Waals surface area contributed by atoms with Gasteiger partial charge in [0.05, 0.1) is 12.0 Å². The van der Waals surface area contributed by atoms with E-state index in [0.29, 0.717) is 12.8 Å². The van der Waals surface area contributed by atoms with E-state index in [2.05, 4.69) is 0 Å². The number of carboxylic acids is 1. The molecule has 4 heteroatoms. The van der Waals surface area contributed by atoms with Gasteiger partial charge in [-0.3, -0.25) is 4.79 Å². The number of nitrogens with two attached hydrogens (primary N) is 1. The molecule has 0 aliphatic heterocycles. The van der Waals surface area contributed by atoms with E-state index in [1.807, 2.05) is 0 Å². The lowest BCUT2D eigenvalue weighted by Crippen LogP contribution is -2.30. The zero-order valence-corrected chi connectivity index (χ0v) is 6.49. The van der Waals surface area contributed by atoms with Crippen LogP contribution in [0.3, 0.4) is 0 Å². The maximum atomic E-state index is 10.5. The SMILES string of the molecule is CO[C@@H]1C[C@@H](N)[C@H](C(=O)O)C1. The highest BCUT2D eigenvalue weighted by atomic mass is 16.5. The van der Waals surface area contributed by atoms with Crippen LogP contribution in [-0.4, -0.2) is 30.3 Å². The highest BCUT2D eigenvalue weighted by Gasteiger charge is 2.36. The van der Waals surface area contributed by atoms with Gasteiger partial charge in [-0.15, -0.1) is 0 Å². The molecule has 0 unspecified atom stereocenters. The number of carbonyl (C=O) groups is 1. The van der Waals surface area contributed by atoms with Gasteiger partial charge in [0.2, 0.25) is 0 Å². The number of rotatable bonds is 2. The first kappa shape index (κ1) is 8.49. The monoisotopic (exact) mass is 159 g/mol. The summed E-state index contributed by atoms with van der Waals surface area (Å²) in [6.07, 6.45) is 1.24. The van der Waals surface area contributed by atoms with Crippen molar-refractivity contribution < 1.29 is 14.6 Å². The predicted molar refractivity (Wildman–Crippen MR) is 39.1 cm³/mol. The molecule has 1 saturated carbocycles. The van der Waals surface area contributed by atoms with Crippen LogP contribution >= 0.6 is 0 Å². The van der Waals surface area contributed by atoms with Crippen molar-refractivity contribution in [2.45, 2.75) is 25.0 Å². The molecule has 64 valence electrons. The molecular formula is C7H13NO3. The molecule has 0 aromatic heterocycles. The first-order valence-corrected chi connectivity index (χ1v) is 3.66. The number of carboxylic acid groups (broad SMARTS) is 1. The summed E-state index contributed by atoms with van der Waals surface area (Å²) in [5, 5.41) is 8.66. The molecule has 3 N–H and O–H groups in total. The maximum absolute atomic E-state index is 10.5. The quantitative estimate of drug-likeness (QED) is 0.586. The van der Waals surface area contributed by atoms with E-state index in [-0.39, 0.29) is 12.1 Å². The molecule has 0 bridgehead atoms. The third-order valence-corrected chi connectivity index (χ3v) is 2.22. The van der Waals surface area contributed by atoms with Crippen LogP contribution in [0.5, 0.6) is 0 Å². The summed E-state index contributed by atoms with van der Waals surface area (Å²) in [5.41, 5.74) is 5.59. The van der Waals surface area contributed by atoms with Gasteiger partial charge in [-0.1, -0.05) is 0 Å². The van der Waals surface area contributed by atoms with Gasteiger partial charge in [-0.2, -0.15) is 0 Å². The van der Waals surface area contributed by atoms with Gasteiger partial charge in [-0.25, -0.2) is 0 Å². The van der Waals surface area contributed by atoms with Crippen molar-refractivity contribution in [3.8, 4) is 0 Å². The minimum absolute atomic E-state index is 0.0334. The number of ether oxygens (including phenoxy) is 1. The Labute approximate surface area is 65.3 Å². The van der Waals surface area contributed by atoms with Gasteiger partial charge < -0.3 is 15.6 Å². The van der Waals surface area contributed by atoms with Crippen LogP contribution in [-0.2, 0) is 9.53 Å². The highest BCUT2D eigenvalue weighted by molar-refractivity contribution is 5.71. The third-order valence-electron chi connectivity index (χ3n) is 2.22. The molecule has 11 heavy (non-hydrogen) atoms. The van der Waals surface area contributed by atoms with Gasteiger partial charge in [0.25, 0.3) is 0 Å². The molecule has 0 heterocycles. The van der Waals surface area contributed by atoms with E-state index in [1.54, 1.807) is 7.11 Å². The zero-order chi connectivity index (χ0) is 8.43. The minimum atomic E-state index is -0.808. The number of methoxy groups -OCH3 is 1. The first-order valence-electron chi connectivity index (χ1n) is 3.66. The fraction of sp³-hybridized carbons (Fsp3) is 0.857. The molecule has 0 spiro atoms. The van der Waals surface area contributed by atoms with Crippen LogP contribution in [0, 0.1) is 5.92 Å². The second kappa shape index (κ2) is 3.19. The smallest absolute Gasteiger partial charge is 0.308 e. The summed E-state index contributed by atoms with van der Waals surface area (Å²) in [4.78, 5) is 10.5. The Hall–Kier alpha value is -0.610. The third kappa shape index (κ3) is 1.70. The van der Waals surface area contributed by atoms with Crippen LogP contribution in [0.1, 0.15) is 12.8 Å². The standard InChI is InChI=1S/C7H13NO3/c1-11-4-2-5(7(9)10)6(8)3-4/h4-6H,2-3,8H2,1H3,(H,9,10)/t4-,5+,6+/m0/s1. The molecule has 1 rings (SSSR count). The predicted octanol–water partition coefficient (Wildman–Crippen LogP) is -0.177. The number of aliphatic carboxylic acids is 1. The molecule has 0 aromatic carbocycles. The second-order valence-corrected chi connectivity index (χ2v) is 2.94. The molecule has 4 nitrogen and oxygen atoms in total. The summed E-state index contributed by atoms with van der Waals surface area (Å²) in [7, 11) is 1.58. The van der Waals surface area contributed by atoms with Crippen LogP contribution in [0.2, 0.25) is 0 Å². The van der Waals surface area contributed by atoms with E-state index in [1.165, 1.54) is 0 Å². The lowest BCUT2D eigenvalue weighted by atomic mass is 10.1. The van der Waals surface area contributed by atoms with Crippen molar-refractivity contribution in [1.29, 1.82) is 0 Å². The Balaban J connectivity index is 2.51. The maximum Gasteiger partial charge on any atom is 0.308 e. The Kier molecular flexibility index (Phi) is 2.46. The van der Waals surface area contributed by atoms with E-state index in [0.717, 1.165) is 0 Å². The van der Waals surface area contributed by atoms with Crippen molar-refractivity contribution in [1.82, 2.24) is 0 Å².